The highest BCUT2D eigenvalue weighted by Gasteiger charge is 2.16. The molecule has 5 heteroatoms. The molecule has 0 aliphatic rings. The van der Waals surface area contributed by atoms with Crippen molar-refractivity contribution in [2.75, 3.05) is 13.2 Å². The second-order valence-corrected chi connectivity index (χ2v) is 19.0. The SMILES string of the molecule is CCCCCCC/C=C\C/C=C\C/C=C\CCCCCCCCCCCCCCCCCCCCC(=O)OC(CO)COC(=O)CCCCCCCCCCCCCCCCCC. The maximum absolute atomic E-state index is 12.3. The summed E-state index contributed by atoms with van der Waals surface area (Å²) in [6, 6.07) is 0. The van der Waals surface area contributed by atoms with Crippen molar-refractivity contribution < 1.29 is 24.2 Å². The molecular formula is C58H108O5. The Balaban J connectivity index is 3.42. The van der Waals surface area contributed by atoms with Gasteiger partial charge < -0.3 is 14.6 Å². The summed E-state index contributed by atoms with van der Waals surface area (Å²) in [5.74, 6) is -0.573. The Hall–Kier alpha value is -1.88. The molecule has 1 unspecified atom stereocenters. The van der Waals surface area contributed by atoms with Gasteiger partial charge in [-0.25, -0.2) is 0 Å². The standard InChI is InChI=1S/C58H108O5/c1-3-5-7-9-11-13-15-17-19-21-22-23-24-25-26-27-28-29-30-31-32-33-34-35-36-37-39-41-43-45-47-49-51-53-58(61)63-56(54-59)55-62-57(60)52-50-48-46-44-42-40-38-20-18-16-14-12-10-8-6-4-2/h15,17,21-22,24-25,56,59H,3-14,16,18-20,23,26-55H2,1-2H3/b17-15-,22-21-,25-24-. The van der Waals surface area contributed by atoms with Crippen LogP contribution in [0.4, 0.5) is 0 Å². The van der Waals surface area contributed by atoms with Crippen LogP contribution in [0.2, 0.25) is 0 Å². The van der Waals surface area contributed by atoms with Gasteiger partial charge in [-0.1, -0.05) is 275 Å². The zero-order valence-electron chi connectivity index (χ0n) is 42.4. The number of carbonyl (C=O) groups is 2. The summed E-state index contributed by atoms with van der Waals surface area (Å²) in [7, 11) is 0. The quantitative estimate of drug-likeness (QED) is 0.0374. The first-order chi connectivity index (χ1) is 31.1. The van der Waals surface area contributed by atoms with Crippen LogP contribution in [0.3, 0.4) is 0 Å². The molecule has 1 N–H and O–H groups in total. The van der Waals surface area contributed by atoms with Crippen LogP contribution in [0.15, 0.2) is 36.5 Å². The molecule has 0 heterocycles. The summed E-state index contributed by atoms with van der Waals surface area (Å²) in [6.07, 6.45) is 69.8. The fourth-order valence-electron chi connectivity index (χ4n) is 8.45. The Morgan fingerprint density at radius 2 is 0.635 bits per heavy atom. The molecule has 0 saturated heterocycles. The minimum absolute atomic E-state index is 0.0597. The van der Waals surface area contributed by atoms with Crippen LogP contribution in [-0.4, -0.2) is 36.4 Å². The molecule has 0 saturated carbocycles. The van der Waals surface area contributed by atoms with Crippen LogP contribution >= 0.6 is 0 Å². The van der Waals surface area contributed by atoms with Crippen molar-refractivity contribution >= 4 is 11.9 Å². The van der Waals surface area contributed by atoms with E-state index in [1.54, 1.807) is 0 Å². The second kappa shape index (κ2) is 54.5. The normalized spacial score (nSPS) is 12.4. The minimum atomic E-state index is -0.768. The maximum Gasteiger partial charge on any atom is 0.306 e. The van der Waals surface area contributed by atoms with E-state index in [0.29, 0.717) is 12.8 Å². The predicted molar refractivity (Wildman–Crippen MR) is 274 cm³/mol. The zero-order chi connectivity index (χ0) is 45.6. The number of unbranched alkanes of at least 4 members (excludes halogenated alkanes) is 38. The van der Waals surface area contributed by atoms with Gasteiger partial charge in [-0.2, -0.15) is 0 Å². The van der Waals surface area contributed by atoms with Gasteiger partial charge in [-0.3, -0.25) is 9.59 Å². The number of hydrogen-bond acceptors (Lipinski definition) is 5. The van der Waals surface area contributed by atoms with Gasteiger partial charge in [0.25, 0.3) is 0 Å². The first-order valence-electron chi connectivity index (χ1n) is 28.0. The molecule has 0 amide bonds. The summed E-state index contributed by atoms with van der Waals surface area (Å²) in [5.41, 5.74) is 0. The van der Waals surface area contributed by atoms with Crippen LogP contribution in [0.5, 0.6) is 0 Å². The van der Waals surface area contributed by atoms with Gasteiger partial charge in [-0.15, -0.1) is 0 Å². The van der Waals surface area contributed by atoms with Crippen LogP contribution in [0.25, 0.3) is 0 Å². The van der Waals surface area contributed by atoms with Crippen molar-refractivity contribution in [1.29, 1.82) is 0 Å². The van der Waals surface area contributed by atoms with Gasteiger partial charge in [0.1, 0.15) is 6.61 Å². The molecule has 0 spiro atoms. The Morgan fingerprint density at radius 1 is 0.365 bits per heavy atom. The van der Waals surface area contributed by atoms with Crippen LogP contribution < -0.4 is 0 Å². The monoisotopic (exact) mass is 885 g/mol. The molecule has 0 aliphatic heterocycles. The van der Waals surface area contributed by atoms with E-state index in [1.807, 2.05) is 0 Å². The van der Waals surface area contributed by atoms with Gasteiger partial charge in [0.15, 0.2) is 6.10 Å². The highest BCUT2D eigenvalue weighted by atomic mass is 16.6. The van der Waals surface area contributed by atoms with E-state index in [0.717, 1.165) is 44.9 Å². The third-order valence-corrected chi connectivity index (χ3v) is 12.7. The predicted octanol–water partition coefficient (Wildman–Crippen LogP) is 18.7. The number of aliphatic hydroxyl groups excluding tert-OH is 1. The summed E-state index contributed by atoms with van der Waals surface area (Å²) in [5, 5.41) is 9.63. The molecule has 0 aliphatic carbocycles. The lowest BCUT2D eigenvalue weighted by atomic mass is 10.0. The summed E-state index contributed by atoms with van der Waals surface area (Å²) < 4.78 is 10.7. The zero-order valence-corrected chi connectivity index (χ0v) is 42.4. The minimum Gasteiger partial charge on any atom is -0.462 e. The largest absolute Gasteiger partial charge is 0.462 e. The first-order valence-corrected chi connectivity index (χ1v) is 28.0. The number of esters is 2. The van der Waals surface area contributed by atoms with Gasteiger partial charge in [0.2, 0.25) is 0 Å². The fourth-order valence-corrected chi connectivity index (χ4v) is 8.45. The molecule has 0 aromatic heterocycles. The topological polar surface area (TPSA) is 72.8 Å². The van der Waals surface area contributed by atoms with Crippen molar-refractivity contribution in [3.63, 3.8) is 0 Å². The van der Waals surface area contributed by atoms with Gasteiger partial charge in [-0.05, 0) is 51.4 Å². The Bertz CT molecular complexity index is 1000. The molecule has 1 atom stereocenters. The van der Waals surface area contributed by atoms with Gasteiger partial charge in [0, 0.05) is 12.8 Å². The second-order valence-electron chi connectivity index (χ2n) is 19.0. The molecule has 0 rings (SSSR count). The number of carbonyl (C=O) groups excluding carboxylic acids is 2. The van der Waals surface area contributed by atoms with E-state index in [-0.39, 0.29) is 25.2 Å². The van der Waals surface area contributed by atoms with Crippen LogP contribution in [0, 0.1) is 0 Å². The van der Waals surface area contributed by atoms with E-state index in [2.05, 4.69) is 50.3 Å². The highest BCUT2D eigenvalue weighted by Crippen LogP contribution is 2.17. The van der Waals surface area contributed by atoms with E-state index < -0.39 is 6.10 Å². The van der Waals surface area contributed by atoms with Gasteiger partial charge in [0.05, 0.1) is 6.61 Å². The maximum atomic E-state index is 12.3. The third-order valence-electron chi connectivity index (χ3n) is 12.7. The first kappa shape index (κ1) is 61.1. The third kappa shape index (κ3) is 52.6. The molecule has 5 nitrogen and oxygen atoms in total. The van der Waals surface area contributed by atoms with E-state index in [4.69, 9.17) is 9.47 Å². The highest BCUT2D eigenvalue weighted by molar-refractivity contribution is 5.70. The van der Waals surface area contributed by atoms with Crippen molar-refractivity contribution in [3.05, 3.63) is 36.5 Å². The Labute approximate surface area is 393 Å². The number of rotatable bonds is 52. The lowest BCUT2D eigenvalue weighted by molar-refractivity contribution is -0.161. The van der Waals surface area contributed by atoms with Crippen molar-refractivity contribution in [1.82, 2.24) is 0 Å². The summed E-state index contributed by atoms with van der Waals surface area (Å²) >= 11 is 0. The lowest BCUT2D eigenvalue weighted by Crippen LogP contribution is -2.28. The Morgan fingerprint density at radius 3 is 0.952 bits per heavy atom. The average Bonchev–Trinajstić information content (AvgIpc) is 3.29. The average molecular weight is 885 g/mol. The van der Waals surface area contributed by atoms with E-state index in [1.165, 1.54) is 231 Å². The molecule has 0 aromatic rings. The lowest BCUT2D eigenvalue weighted by Gasteiger charge is -2.15. The molecule has 0 bridgehead atoms. The molecule has 0 radical (unpaired) electrons. The van der Waals surface area contributed by atoms with Gasteiger partial charge >= 0.3 is 11.9 Å². The van der Waals surface area contributed by atoms with Crippen molar-refractivity contribution in [2.24, 2.45) is 0 Å². The molecule has 370 valence electrons. The molecular weight excluding hydrogens is 777 g/mol. The summed E-state index contributed by atoms with van der Waals surface area (Å²) in [4.78, 5) is 24.5. The molecule has 0 fully saturated rings. The van der Waals surface area contributed by atoms with Crippen molar-refractivity contribution in [2.45, 2.75) is 309 Å². The number of allylic oxidation sites excluding steroid dienone is 6. The van der Waals surface area contributed by atoms with Crippen LogP contribution in [0.1, 0.15) is 303 Å². The number of hydrogen-bond donors (Lipinski definition) is 1. The number of aliphatic hydroxyl groups is 1. The van der Waals surface area contributed by atoms with Crippen LogP contribution in [-0.2, 0) is 19.1 Å². The molecule has 0 aromatic carbocycles. The fraction of sp³-hybridized carbons (Fsp3) is 0.862. The summed E-state index contributed by atoms with van der Waals surface area (Å²) in [6.45, 7) is 4.17. The van der Waals surface area contributed by atoms with Crippen molar-refractivity contribution in [3.8, 4) is 0 Å². The smallest absolute Gasteiger partial charge is 0.306 e. The van der Waals surface area contributed by atoms with E-state index in [9.17, 15) is 14.7 Å². The number of ether oxygens (including phenoxy) is 2. The Kier molecular flexibility index (Phi) is 52.8. The van der Waals surface area contributed by atoms with E-state index >= 15 is 0 Å². The molecule has 63 heavy (non-hydrogen) atoms.